The first-order valence-corrected chi connectivity index (χ1v) is 7.51. The number of hydrogen-bond acceptors (Lipinski definition) is 4. The molecule has 4 N–H and O–H groups in total. The van der Waals surface area contributed by atoms with Crippen LogP contribution in [0, 0.1) is 13.8 Å². The molecule has 2 aromatic rings. The lowest BCUT2D eigenvalue weighted by molar-refractivity contribution is 0.102. The summed E-state index contributed by atoms with van der Waals surface area (Å²) in [6, 6.07) is 13.0. The van der Waals surface area contributed by atoms with Gasteiger partial charge >= 0.3 is 0 Å². The molecule has 5 nitrogen and oxygen atoms in total. The average Bonchev–Trinajstić information content (AvgIpc) is 2.55. The molecule has 1 unspecified atom stereocenters. The predicted molar refractivity (Wildman–Crippen MR) is 91.9 cm³/mol. The first kappa shape index (κ1) is 17.0. The Bertz CT molecular complexity index is 686. The number of rotatable bonds is 6. The minimum absolute atomic E-state index is 0.163. The lowest BCUT2D eigenvalue weighted by Gasteiger charge is -2.14. The summed E-state index contributed by atoms with van der Waals surface area (Å²) in [4.78, 5) is 12.3. The van der Waals surface area contributed by atoms with Gasteiger partial charge in [0.25, 0.3) is 5.91 Å². The molecule has 0 spiro atoms. The summed E-state index contributed by atoms with van der Waals surface area (Å²) in [7, 11) is 0. The second-order valence-corrected chi connectivity index (χ2v) is 5.57. The van der Waals surface area contributed by atoms with Gasteiger partial charge in [-0.1, -0.05) is 23.8 Å². The molecule has 0 heterocycles. The van der Waals surface area contributed by atoms with Crippen LogP contribution in [0.5, 0.6) is 0 Å². The molecule has 0 bridgehead atoms. The molecule has 0 fully saturated rings. The van der Waals surface area contributed by atoms with Crippen molar-refractivity contribution in [3.8, 4) is 0 Å². The zero-order valence-corrected chi connectivity index (χ0v) is 13.3. The Hall–Kier alpha value is -2.37. The molecule has 0 aliphatic carbocycles. The quantitative estimate of drug-likeness (QED) is 0.659. The van der Waals surface area contributed by atoms with Crippen molar-refractivity contribution in [2.24, 2.45) is 0 Å². The van der Waals surface area contributed by atoms with E-state index in [2.05, 4.69) is 10.6 Å². The van der Waals surface area contributed by atoms with Gasteiger partial charge in [0, 0.05) is 23.5 Å². The second kappa shape index (κ2) is 7.76. The number of aliphatic hydroxyl groups is 2. The predicted octanol–water partition coefficient (Wildman–Crippen LogP) is 2.32. The number of hydrogen-bond donors (Lipinski definition) is 4. The Morgan fingerprint density at radius 2 is 1.96 bits per heavy atom. The zero-order chi connectivity index (χ0) is 16.8. The number of benzene rings is 2. The molecule has 0 aromatic heterocycles. The van der Waals surface area contributed by atoms with Crippen molar-refractivity contribution in [1.82, 2.24) is 0 Å². The van der Waals surface area contributed by atoms with Gasteiger partial charge in [-0.15, -0.1) is 0 Å². The van der Waals surface area contributed by atoms with E-state index >= 15 is 0 Å². The third kappa shape index (κ3) is 4.81. The molecule has 0 saturated heterocycles. The summed E-state index contributed by atoms with van der Waals surface area (Å²) in [5.74, 6) is -0.163. The number of carbonyl (C=O) groups excluding carboxylic acids is 1. The van der Waals surface area contributed by atoms with Crippen molar-refractivity contribution in [3.05, 3.63) is 59.2 Å². The number of anilines is 2. The molecule has 1 atom stereocenters. The molecular formula is C18H22N2O3. The third-order valence-electron chi connectivity index (χ3n) is 3.52. The third-order valence-corrected chi connectivity index (χ3v) is 3.52. The van der Waals surface area contributed by atoms with Crippen LogP contribution in [0.4, 0.5) is 11.4 Å². The molecule has 23 heavy (non-hydrogen) atoms. The Balaban J connectivity index is 2.11. The van der Waals surface area contributed by atoms with Crippen LogP contribution in [0.15, 0.2) is 42.5 Å². The SMILES string of the molecule is Cc1cccc(C(=O)Nc2cc(NCC(O)CO)ccc2C)c1. The maximum atomic E-state index is 12.3. The van der Waals surface area contributed by atoms with Gasteiger partial charge in [0.2, 0.25) is 0 Å². The standard InChI is InChI=1S/C18H22N2O3/c1-12-4-3-5-14(8-12)18(23)20-17-9-15(7-6-13(17)2)19-10-16(22)11-21/h3-9,16,19,21-22H,10-11H2,1-2H3,(H,20,23). The van der Waals surface area contributed by atoms with Gasteiger partial charge in [-0.3, -0.25) is 4.79 Å². The van der Waals surface area contributed by atoms with Crippen LogP contribution in [0.25, 0.3) is 0 Å². The highest BCUT2D eigenvalue weighted by Gasteiger charge is 2.09. The van der Waals surface area contributed by atoms with E-state index in [0.717, 1.165) is 16.8 Å². The summed E-state index contributed by atoms with van der Waals surface area (Å²) < 4.78 is 0. The van der Waals surface area contributed by atoms with Crippen LogP contribution in [0.1, 0.15) is 21.5 Å². The van der Waals surface area contributed by atoms with Crippen LogP contribution in [0.3, 0.4) is 0 Å². The van der Waals surface area contributed by atoms with E-state index in [9.17, 15) is 9.90 Å². The lowest BCUT2D eigenvalue weighted by atomic mass is 10.1. The molecular weight excluding hydrogens is 292 g/mol. The van der Waals surface area contributed by atoms with E-state index in [1.54, 1.807) is 6.07 Å². The fraction of sp³-hybridized carbons (Fsp3) is 0.278. The highest BCUT2D eigenvalue weighted by Crippen LogP contribution is 2.21. The lowest BCUT2D eigenvalue weighted by Crippen LogP contribution is -2.23. The number of amides is 1. The van der Waals surface area contributed by atoms with Crippen LogP contribution in [0.2, 0.25) is 0 Å². The topological polar surface area (TPSA) is 81.6 Å². The summed E-state index contributed by atoms with van der Waals surface area (Å²) >= 11 is 0. The molecule has 122 valence electrons. The fourth-order valence-electron chi connectivity index (χ4n) is 2.15. The van der Waals surface area contributed by atoms with Crippen molar-refractivity contribution in [2.75, 3.05) is 23.8 Å². The maximum absolute atomic E-state index is 12.3. The zero-order valence-electron chi connectivity index (χ0n) is 13.3. The smallest absolute Gasteiger partial charge is 0.255 e. The van der Waals surface area contributed by atoms with Gasteiger partial charge in [0.05, 0.1) is 12.7 Å². The van der Waals surface area contributed by atoms with Crippen molar-refractivity contribution >= 4 is 17.3 Å². The molecule has 1 amide bonds. The summed E-state index contributed by atoms with van der Waals surface area (Å²) in [6.07, 6.45) is -0.818. The van der Waals surface area contributed by atoms with Gasteiger partial charge in [-0.05, 0) is 43.7 Å². The summed E-state index contributed by atoms with van der Waals surface area (Å²) in [5, 5.41) is 24.1. The Morgan fingerprint density at radius 1 is 1.17 bits per heavy atom. The number of carbonyl (C=O) groups is 1. The highest BCUT2D eigenvalue weighted by molar-refractivity contribution is 6.05. The number of nitrogens with one attached hydrogen (secondary N) is 2. The van der Waals surface area contributed by atoms with Crippen LogP contribution >= 0.6 is 0 Å². The van der Waals surface area contributed by atoms with Gasteiger partial charge in [0.15, 0.2) is 0 Å². The van der Waals surface area contributed by atoms with Gasteiger partial charge in [0.1, 0.15) is 0 Å². The van der Waals surface area contributed by atoms with Crippen LogP contribution < -0.4 is 10.6 Å². The number of aliphatic hydroxyl groups excluding tert-OH is 2. The Labute approximate surface area is 136 Å². The van der Waals surface area contributed by atoms with E-state index in [4.69, 9.17) is 5.11 Å². The van der Waals surface area contributed by atoms with Crippen molar-refractivity contribution in [2.45, 2.75) is 20.0 Å². The minimum atomic E-state index is -0.818. The van der Waals surface area contributed by atoms with E-state index in [1.165, 1.54) is 0 Å². The molecule has 0 aliphatic heterocycles. The van der Waals surface area contributed by atoms with Crippen molar-refractivity contribution in [3.63, 3.8) is 0 Å². The van der Waals surface area contributed by atoms with Gasteiger partial charge in [-0.2, -0.15) is 0 Å². The molecule has 2 rings (SSSR count). The minimum Gasteiger partial charge on any atom is -0.394 e. The maximum Gasteiger partial charge on any atom is 0.255 e. The molecule has 2 aromatic carbocycles. The summed E-state index contributed by atoms with van der Waals surface area (Å²) in [6.45, 7) is 3.80. The van der Waals surface area contributed by atoms with E-state index in [1.807, 2.05) is 50.2 Å². The summed E-state index contributed by atoms with van der Waals surface area (Å²) in [5.41, 5.74) is 4.06. The van der Waals surface area contributed by atoms with Gasteiger partial charge in [-0.25, -0.2) is 0 Å². The van der Waals surface area contributed by atoms with Gasteiger partial charge < -0.3 is 20.8 Å². The van der Waals surface area contributed by atoms with Crippen molar-refractivity contribution in [1.29, 1.82) is 0 Å². The average molecular weight is 314 g/mol. The highest BCUT2D eigenvalue weighted by atomic mass is 16.3. The first-order chi connectivity index (χ1) is 11.0. The monoisotopic (exact) mass is 314 g/mol. The second-order valence-electron chi connectivity index (χ2n) is 5.57. The first-order valence-electron chi connectivity index (χ1n) is 7.51. The normalized spacial score (nSPS) is 11.8. The van der Waals surface area contributed by atoms with E-state index in [-0.39, 0.29) is 19.1 Å². The molecule has 0 saturated carbocycles. The molecule has 5 heteroatoms. The largest absolute Gasteiger partial charge is 0.394 e. The van der Waals surface area contributed by atoms with E-state index < -0.39 is 6.10 Å². The fourth-order valence-corrected chi connectivity index (χ4v) is 2.15. The number of aryl methyl sites for hydroxylation is 2. The van der Waals surface area contributed by atoms with E-state index in [0.29, 0.717) is 11.3 Å². The van der Waals surface area contributed by atoms with Crippen LogP contribution in [-0.4, -0.2) is 35.4 Å². The molecule has 0 aliphatic rings. The Kier molecular flexibility index (Phi) is 5.73. The molecule has 0 radical (unpaired) electrons. The van der Waals surface area contributed by atoms with Crippen LogP contribution in [-0.2, 0) is 0 Å². The van der Waals surface area contributed by atoms with Crippen molar-refractivity contribution < 1.29 is 15.0 Å². The Morgan fingerprint density at radius 3 is 2.65 bits per heavy atom.